The molecule has 0 atom stereocenters. The smallest absolute Gasteiger partial charge is 0.244 e. The quantitative estimate of drug-likeness (QED) is 0.743. The molecule has 0 saturated carbocycles. The number of benzene rings is 1. The highest BCUT2D eigenvalue weighted by atomic mass is 32.2. The van der Waals surface area contributed by atoms with E-state index >= 15 is 0 Å². The molecule has 0 aliphatic heterocycles. The molecule has 0 fully saturated rings. The third-order valence-electron chi connectivity index (χ3n) is 3.96. The Balaban J connectivity index is 2.03. The van der Waals surface area contributed by atoms with E-state index in [1.54, 1.807) is 31.9 Å². The summed E-state index contributed by atoms with van der Waals surface area (Å²) in [5.74, 6) is -0.220. The maximum atomic E-state index is 12.9. The van der Waals surface area contributed by atoms with Gasteiger partial charge in [-0.3, -0.25) is 4.79 Å². The molecule has 0 bridgehead atoms. The standard InChI is InChI=1S/C18H23FN4O3S/c1-4-23(5-2)27(25,26)16-10-11-17(20-12-16)22(3)13-18(24)21-15-8-6-14(19)7-9-15/h6-12H,4-5,13H2,1-3H3,(H,21,24). The highest BCUT2D eigenvalue weighted by Gasteiger charge is 2.22. The molecule has 7 nitrogen and oxygen atoms in total. The number of sulfonamides is 1. The second-order valence-corrected chi connectivity index (χ2v) is 7.79. The number of carbonyl (C=O) groups is 1. The van der Waals surface area contributed by atoms with Gasteiger partial charge in [-0.15, -0.1) is 0 Å². The molecule has 27 heavy (non-hydrogen) atoms. The predicted octanol–water partition coefficient (Wildman–Crippen LogP) is 2.33. The molecule has 1 heterocycles. The number of aromatic nitrogens is 1. The summed E-state index contributed by atoms with van der Waals surface area (Å²) in [6, 6.07) is 8.49. The summed E-state index contributed by atoms with van der Waals surface area (Å²) in [5.41, 5.74) is 0.489. The van der Waals surface area contributed by atoms with Crippen LogP contribution in [0, 0.1) is 5.82 Å². The van der Waals surface area contributed by atoms with Crippen molar-refractivity contribution in [2.75, 3.05) is 36.9 Å². The average molecular weight is 394 g/mol. The van der Waals surface area contributed by atoms with Crippen molar-refractivity contribution in [3.8, 4) is 0 Å². The Morgan fingerprint density at radius 3 is 2.26 bits per heavy atom. The van der Waals surface area contributed by atoms with Gasteiger partial charge in [0.1, 0.15) is 16.5 Å². The van der Waals surface area contributed by atoms with Crippen LogP contribution < -0.4 is 10.2 Å². The van der Waals surface area contributed by atoms with Crippen LogP contribution in [0.25, 0.3) is 0 Å². The van der Waals surface area contributed by atoms with E-state index in [0.29, 0.717) is 24.6 Å². The molecular formula is C18H23FN4O3S. The van der Waals surface area contributed by atoms with E-state index in [1.807, 2.05) is 0 Å². The number of amides is 1. The Morgan fingerprint density at radius 1 is 1.11 bits per heavy atom. The van der Waals surface area contributed by atoms with Crippen LogP contribution in [0.4, 0.5) is 15.9 Å². The van der Waals surface area contributed by atoms with Gasteiger partial charge in [-0.25, -0.2) is 17.8 Å². The van der Waals surface area contributed by atoms with E-state index in [9.17, 15) is 17.6 Å². The fourth-order valence-electron chi connectivity index (χ4n) is 2.49. The van der Waals surface area contributed by atoms with Crippen molar-refractivity contribution in [1.29, 1.82) is 0 Å². The molecule has 0 aliphatic rings. The molecule has 0 spiro atoms. The molecule has 1 amide bonds. The van der Waals surface area contributed by atoms with Crippen molar-refractivity contribution in [2.45, 2.75) is 18.7 Å². The fourth-order valence-corrected chi connectivity index (χ4v) is 3.90. The first-order valence-corrected chi connectivity index (χ1v) is 9.94. The van der Waals surface area contributed by atoms with Crippen LogP contribution in [0.5, 0.6) is 0 Å². The summed E-state index contributed by atoms with van der Waals surface area (Å²) in [6.45, 7) is 4.31. The zero-order chi connectivity index (χ0) is 20.0. The molecule has 0 radical (unpaired) electrons. The van der Waals surface area contributed by atoms with Gasteiger partial charge in [0.15, 0.2) is 0 Å². The summed E-state index contributed by atoms with van der Waals surface area (Å²) in [7, 11) is -1.90. The van der Waals surface area contributed by atoms with Gasteiger partial charge in [-0.05, 0) is 36.4 Å². The molecule has 1 N–H and O–H groups in total. The monoisotopic (exact) mass is 394 g/mol. The third kappa shape index (κ3) is 5.24. The van der Waals surface area contributed by atoms with E-state index in [4.69, 9.17) is 0 Å². The normalized spacial score (nSPS) is 11.4. The minimum absolute atomic E-state index is 0.00647. The number of nitrogens with zero attached hydrogens (tertiary/aromatic N) is 3. The van der Waals surface area contributed by atoms with E-state index in [0.717, 1.165) is 0 Å². The Morgan fingerprint density at radius 2 is 1.74 bits per heavy atom. The number of nitrogens with one attached hydrogen (secondary N) is 1. The first-order chi connectivity index (χ1) is 12.8. The van der Waals surface area contributed by atoms with Gasteiger partial charge in [-0.2, -0.15) is 4.31 Å². The number of anilines is 2. The molecule has 1 aromatic heterocycles. The van der Waals surface area contributed by atoms with Crippen molar-refractivity contribution in [2.24, 2.45) is 0 Å². The molecule has 0 unspecified atom stereocenters. The lowest BCUT2D eigenvalue weighted by Gasteiger charge is -2.20. The summed E-state index contributed by atoms with van der Waals surface area (Å²) in [6.07, 6.45) is 1.29. The lowest BCUT2D eigenvalue weighted by atomic mass is 10.3. The topological polar surface area (TPSA) is 82.6 Å². The highest BCUT2D eigenvalue weighted by Crippen LogP contribution is 2.17. The van der Waals surface area contributed by atoms with E-state index in [2.05, 4.69) is 10.3 Å². The molecule has 0 aliphatic carbocycles. The minimum atomic E-state index is -3.57. The van der Waals surface area contributed by atoms with Gasteiger partial charge >= 0.3 is 0 Å². The van der Waals surface area contributed by atoms with Crippen molar-refractivity contribution in [3.05, 3.63) is 48.4 Å². The largest absolute Gasteiger partial charge is 0.350 e. The van der Waals surface area contributed by atoms with Crippen LogP contribution in [0.1, 0.15) is 13.8 Å². The van der Waals surface area contributed by atoms with Gasteiger partial charge in [0.2, 0.25) is 15.9 Å². The number of hydrogen-bond donors (Lipinski definition) is 1. The van der Waals surface area contributed by atoms with E-state index in [-0.39, 0.29) is 23.2 Å². The summed E-state index contributed by atoms with van der Waals surface area (Å²) >= 11 is 0. The van der Waals surface area contributed by atoms with Gasteiger partial charge in [0.25, 0.3) is 0 Å². The number of pyridine rings is 1. The number of carbonyl (C=O) groups excluding carboxylic acids is 1. The lowest BCUT2D eigenvalue weighted by molar-refractivity contribution is -0.114. The predicted molar refractivity (Wildman–Crippen MR) is 103 cm³/mol. The molecule has 146 valence electrons. The average Bonchev–Trinajstić information content (AvgIpc) is 2.64. The molecule has 2 rings (SSSR count). The van der Waals surface area contributed by atoms with Gasteiger partial charge in [0.05, 0.1) is 6.54 Å². The van der Waals surface area contributed by atoms with Gasteiger partial charge in [0, 0.05) is 32.0 Å². The van der Waals surface area contributed by atoms with Crippen LogP contribution in [0.2, 0.25) is 0 Å². The number of halogens is 1. The van der Waals surface area contributed by atoms with Crippen LogP contribution in [-0.2, 0) is 14.8 Å². The first-order valence-electron chi connectivity index (χ1n) is 8.50. The van der Waals surface area contributed by atoms with Gasteiger partial charge in [-0.1, -0.05) is 13.8 Å². The molecule has 9 heteroatoms. The number of likely N-dealkylation sites (N-methyl/N-ethyl adjacent to an activating group) is 1. The number of rotatable bonds is 8. The fraction of sp³-hybridized carbons (Fsp3) is 0.333. The molecule has 1 aromatic carbocycles. The molecular weight excluding hydrogens is 371 g/mol. The van der Waals surface area contributed by atoms with Gasteiger partial charge < -0.3 is 10.2 Å². The SMILES string of the molecule is CCN(CC)S(=O)(=O)c1ccc(N(C)CC(=O)Nc2ccc(F)cc2)nc1. The third-order valence-corrected chi connectivity index (χ3v) is 6.00. The van der Waals surface area contributed by atoms with Crippen LogP contribution >= 0.6 is 0 Å². The van der Waals surface area contributed by atoms with Crippen molar-refractivity contribution < 1.29 is 17.6 Å². The Hall–Kier alpha value is -2.52. The zero-order valence-corrected chi connectivity index (χ0v) is 16.3. The van der Waals surface area contributed by atoms with E-state index < -0.39 is 10.0 Å². The van der Waals surface area contributed by atoms with Crippen LogP contribution in [0.3, 0.4) is 0 Å². The molecule has 0 saturated heterocycles. The maximum Gasteiger partial charge on any atom is 0.244 e. The lowest BCUT2D eigenvalue weighted by Crippen LogP contribution is -2.32. The second-order valence-electron chi connectivity index (χ2n) is 5.85. The Kier molecular flexibility index (Phi) is 6.86. The summed E-state index contributed by atoms with van der Waals surface area (Å²) in [5, 5.41) is 2.66. The second kappa shape index (κ2) is 8.92. The number of hydrogen-bond acceptors (Lipinski definition) is 5. The maximum absolute atomic E-state index is 12.9. The summed E-state index contributed by atoms with van der Waals surface area (Å²) < 4.78 is 39.2. The van der Waals surface area contributed by atoms with Crippen LogP contribution in [0.15, 0.2) is 47.5 Å². The van der Waals surface area contributed by atoms with Crippen molar-refractivity contribution in [3.63, 3.8) is 0 Å². The first kappa shape index (κ1) is 20.8. The van der Waals surface area contributed by atoms with Crippen molar-refractivity contribution >= 4 is 27.4 Å². The summed E-state index contributed by atoms with van der Waals surface area (Å²) in [4.78, 5) is 18.0. The highest BCUT2D eigenvalue weighted by molar-refractivity contribution is 7.89. The zero-order valence-electron chi connectivity index (χ0n) is 15.5. The Labute approximate surface area is 158 Å². The molecule has 2 aromatic rings. The van der Waals surface area contributed by atoms with Crippen molar-refractivity contribution in [1.82, 2.24) is 9.29 Å². The minimum Gasteiger partial charge on any atom is -0.350 e. The van der Waals surface area contributed by atoms with Crippen LogP contribution in [-0.4, -0.2) is 50.3 Å². The Bertz CT molecular complexity index is 866. The van der Waals surface area contributed by atoms with E-state index in [1.165, 1.54) is 40.8 Å².